The number of anilines is 1. The standard InChI is InChI=1S/C13H11FN2O3S/c1-2-19-13(18)8-6-7-20-12(8)16-11(17)9-4-3-5-10(14)15-9/h3-7H,2H2,1H3,(H,16,17). The summed E-state index contributed by atoms with van der Waals surface area (Å²) >= 11 is 1.18. The van der Waals surface area contributed by atoms with Crippen LogP contribution in [0.5, 0.6) is 0 Å². The number of carbonyl (C=O) groups excluding carboxylic acids is 2. The number of esters is 1. The number of pyridine rings is 1. The van der Waals surface area contributed by atoms with Crippen molar-refractivity contribution >= 4 is 28.2 Å². The molecular formula is C13H11FN2O3S. The lowest BCUT2D eigenvalue weighted by atomic mass is 10.3. The first-order valence-electron chi connectivity index (χ1n) is 5.80. The second-order valence-corrected chi connectivity index (χ2v) is 4.60. The summed E-state index contributed by atoms with van der Waals surface area (Å²) in [7, 11) is 0. The van der Waals surface area contributed by atoms with E-state index in [1.807, 2.05) is 0 Å². The molecule has 1 N–H and O–H groups in total. The van der Waals surface area contributed by atoms with Gasteiger partial charge in [0.15, 0.2) is 0 Å². The third-order valence-corrected chi connectivity index (χ3v) is 3.17. The van der Waals surface area contributed by atoms with Crippen molar-refractivity contribution < 1.29 is 18.7 Å². The highest BCUT2D eigenvalue weighted by Gasteiger charge is 2.17. The van der Waals surface area contributed by atoms with Crippen LogP contribution in [0, 0.1) is 5.95 Å². The van der Waals surface area contributed by atoms with Gasteiger partial charge in [0.1, 0.15) is 10.7 Å². The Kier molecular flexibility index (Phi) is 4.41. The summed E-state index contributed by atoms with van der Waals surface area (Å²) in [5.41, 5.74) is 0.204. The molecular weight excluding hydrogens is 283 g/mol. The van der Waals surface area contributed by atoms with Gasteiger partial charge in [-0.3, -0.25) is 4.79 Å². The summed E-state index contributed by atoms with van der Waals surface area (Å²) < 4.78 is 17.8. The van der Waals surface area contributed by atoms with Gasteiger partial charge in [-0.15, -0.1) is 11.3 Å². The topological polar surface area (TPSA) is 68.3 Å². The van der Waals surface area contributed by atoms with E-state index in [2.05, 4.69) is 10.3 Å². The Balaban J connectivity index is 2.16. The van der Waals surface area contributed by atoms with E-state index < -0.39 is 17.8 Å². The van der Waals surface area contributed by atoms with Crippen LogP contribution < -0.4 is 5.32 Å². The smallest absolute Gasteiger partial charge is 0.341 e. The molecule has 0 aliphatic rings. The number of hydrogen-bond acceptors (Lipinski definition) is 5. The summed E-state index contributed by atoms with van der Waals surface area (Å²) in [6.45, 7) is 1.94. The lowest BCUT2D eigenvalue weighted by Crippen LogP contribution is -2.15. The molecule has 0 aromatic carbocycles. The zero-order valence-electron chi connectivity index (χ0n) is 10.6. The van der Waals surface area contributed by atoms with Crippen LogP contribution in [0.1, 0.15) is 27.8 Å². The van der Waals surface area contributed by atoms with Crippen LogP contribution in [0.3, 0.4) is 0 Å². The van der Waals surface area contributed by atoms with Gasteiger partial charge in [0, 0.05) is 0 Å². The van der Waals surface area contributed by atoms with Crippen molar-refractivity contribution in [3.05, 3.63) is 46.9 Å². The predicted octanol–water partition coefficient (Wildman–Crippen LogP) is 2.71. The monoisotopic (exact) mass is 294 g/mol. The first-order valence-corrected chi connectivity index (χ1v) is 6.68. The summed E-state index contributed by atoms with van der Waals surface area (Å²) in [4.78, 5) is 27.0. The van der Waals surface area contributed by atoms with Crippen LogP contribution >= 0.6 is 11.3 Å². The largest absolute Gasteiger partial charge is 0.462 e. The molecule has 0 aliphatic carbocycles. The third-order valence-electron chi connectivity index (χ3n) is 2.34. The molecule has 1 amide bonds. The predicted molar refractivity (Wildman–Crippen MR) is 72.4 cm³/mol. The number of amides is 1. The molecule has 0 saturated heterocycles. The Labute approximate surface area is 118 Å². The molecule has 104 valence electrons. The average molecular weight is 294 g/mol. The zero-order chi connectivity index (χ0) is 14.5. The van der Waals surface area contributed by atoms with Crippen LogP contribution in [0.4, 0.5) is 9.39 Å². The first kappa shape index (κ1) is 14.1. The molecule has 2 rings (SSSR count). The fourth-order valence-corrected chi connectivity index (χ4v) is 2.25. The van der Waals surface area contributed by atoms with Crippen molar-refractivity contribution in [2.75, 3.05) is 11.9 Å². The van der Waals surface area contributed by atoms with Gasteiger partial charge in [0.05, 0.1) is 12.2 Å². The minimum atomic E-state index is -0.741. The molecule has 20 heavy (non-hydrogen) atoms. The van der Waals surface area contributed by atoms with E-state index in [1.54, 1.807) is 18.4 Å². The van der Waals surface area contributed by atoms with E-state index in [1.165, 1.54) is 23.5 Å². The molecule has 2 aromatic rings. The van der Waals surface area contributed by atoms with Gasteiger partial charge in [0.25, 0.3) is 5.91 Å². The Hall–Kier alpha value is -2.28. The molecule has 0 fully saturated rings. The van der Waals surface area contributed by atoms with Gasteiger partial charge in [-0.2, -0.15) is 4.39 Å². The summed E-state index contributed by atoms with van der Waals surface area (Å²) in [6.07, 6.45) is 0. The zero-order valence-corrected chi connectivity index (χ0v) is 11.4. The molecule has 5 nitrogen and oxygen atoms in total. The molecule has 0 spiro atoms. The number of nitrogens with zero attached hydrogens (tertiary/aromatic N) is 1. The van der Waals surface area contributed by atoms with Gasteiger partial charge in [0.2, 0.25) is 5.95 Å². The molecule has 7 heteroatoms. The third kappa shape index (κ3) is 3.18. The number of nitrogens with one attached hydrogen (secondary N) is 1. The molecule has 0 radical (unpaired) electrons. The van der Waals surface area contributed by atoms with Crippen LogP contribution in [-0.2, 0) is 4.74 Å². The lowest BCUT2D eigenvalue weighted by Gasteiger charge is -2.05. The first-order chi connectivity index (χ1) is 9.61. The van der Waals surface area contributed by atoms with E-state index in [4.69, 9.17) is 4.74 Å². The van der Waals surface area contributed by atoms with Crippen molar-refractivity contribution in [3.63, 3.8) is 0 Å². The number of thiophene rings is 1. The van der Waals surface area contributed by atoms with Gasteiger partial charge >= 0.3 is 5.97 Å². The van der Waals surface area contributed by atoms with Crippen LogP contribution in [0.25, 0.3) is 0 Å². The highest BCUT2D eigenvalue weighted by Crippen LogP contribution is 2.24. The Bertz CT molecular complexity index is 642. The van der Waals surface area contributed by atoms with Gasteiger partial charge in [-0.1, -0.05) is 6.07 Å². The Morgan fingerprint density at radius 1 is 1.40 bits per heavy atom. The van der Waals surface area contributed by atoms with Crippen LogP contribution in [-0.4, -0.2) is 23.5 Å². The molecule has 0 saturated carbocycles. The molecule has 0 atom stereocenters. The quantitative estimate of drug-likeness (QED) is 0.695. The van der Waals surface area contributed by atoms with Crippen molar-refractivity contribution in [2.45, 2.75) is 6.92 Å². The summed E-state index contributed by atoms with van der Waals surface area (Å²) in [5, 5.41) is 4.52. The highest BCUT2D eigenvalue weighted by molar-refractivity contribution is 7.14. The van der Waals surface area contributed by atoms with E-state index in [0.717, 1.165) is 6.07 Å². The summed E-state index contributed by atoms with van der Waals surface area (Å²) in [6, 6.07) is 5.47. The second kappa shape index (κ2) is 6.25. The van der Waals surface area contributed by atoms with E-state index in [0.29, 0.717) is 5.00 Å². The van der Waals surface area contributed by atoms with E-state index in [-0.39, 0.29) is 17.9 Å². The Morgan fingerprint density at radius 2 is 2.20 bits per heavy atom. The maximum atomic E-state index is 13.0. The van der Waals surface area contributed by atoms with E-state index >= 15 is 0 Å². The second-order valence-electron chi connectivity index (χ2n) is 3.68. The normalized spacial score (nSPS) is 10.1. The summed E-state index contributed by atoms with van der Waals surface area (Å²) in [5.74, 6) is -1.84. The van der Waals surface area contributed by atoms with Crippen molar-refractivity contribution in [1.82, 2.24) is 4.98 Å². The van der Waals surface area contributed by atoms with E-state index in [9.17, 15) is 14.0 Å². The van der Waals surface area contributed by atoms with Crippen molar-refractivity contribution in [3.8, 4) is 0 Å². The molecule has 0 bridgehead atoms. The van der Waals surface area contributed by atoms with Gasteiger partial charge in [-0.25, -0.2) is 9.78 Å². The fourth-order valence-electron chi connectivity index (χ4n) is 1.48. The fraction of sp³-hybridized carbons (Fsp3) is 0.154. The SMILES string of the molecule is CCOC(=O)c1ccsc1NC(=O)c1cccc(F)n1. The molecule has 2 heterocycles. The number of aromatic nitrogens is 1. The van der Waals surface area contributed by atoms with Gasteiger partial charge < -0.3 is 10.1 Å². The maximum Gasteiger partial charge on any atom is 0.341 e. The maximum absolute atomic E-state index is 13.0. The van der Waals surface area contributed by atoms with Crippen LogP contribution in [0.15, 0.2) is 29.6 Å². The number of rotatable bonds is 4. The van der Waals surface area contributed by atoms with Crippen molar-refractivity contribution in [2.24, 2.45) is 0 Å². The molecule has 0 unspecified atom stereocenters. The van der Waals surface area contributed by atoms with Crippen molar-refractivity contribution in [1.29, 1.82) is 0 Å². The number of hydrogen-bond donors (Lipinski definition) is 1. The molecule has 2 aromatic heterocycles. The Morgan fingerprint density at radius 3 is 2.90 bits per heavy atom. The minimum absolute atomic E-state index is 0.0618. The van der Waals surface area contributed by atoms with Crippen LogP contribution in [0.2, 0.25) is 0 Å². The number of ether oxygens (including phenoxy) is 1. The molecule has 0 aliphatic heterocycles. The lowest BCUT2D eigenvalue weighted by molar-refractivity contribution is 0.0528. The minimum Gasteiger partial charge on any atom is -0.462 e. The average Bonchev–Trinajstić information content (AvgIpc) is 2.87. The highest BCUT2D eigenvalue weighted by atomic mass is 32.1. The number of halogens is 1. The number of carbonyl (C=O) groups is 2. The van der Waals surface area contributed by atoms with Gasteiger partial charge in [-0.05, 0) is 30.5 Å².